The van der Waals surface area contributed by atoms with Crippen LogP contribution in [-0.4, -0.2) is 27.8 Å². The van der Waals surface area contributed by atoms with Crippen LogP contribution < -0.4 is 9.86 Å². The van der Waals surface area contributed by atoms with Crippen molar-refractivity contribution in [3.63, 3.8) is 0 Å². The molecule has 1 heterocycles. The molecular weight excluding hydrogens is 420 g/mol. The Labute approximate surface area is 167 Å². The van der Waals surface area contributed by atoms with Crippen LogP contribution in [-0.2, 0) is 25.6 Å². The zero-order valence-electron chi connectivity index (χ0n) is 15.4. The fraction of sp³-hybridized carbons (Fsp3) is 0.167. The SMILES string of the molecule is CC(C)(O)c1cc2cc(C(=O)NS(=O)(=O)c3ccccc3S(N)(=O)=O)ccc2o1. The fourth-order valence-corrected chi connectivity index (χ4v) is 4.99. The maximum absolute atomic E-state index is 12.6. The van der Waals surface area contributed by atoms with Crippen LogP contribution in [0.15, 0.2) is 62.7 Å². The first-order valence-electron chi connectivity index (χ1n) is 8.24. The highest BCUT2D eigenvalue weighted by Gasteiger charge is 2.27. The minimum Gasteiger partial charge on any atom is -0.458 e. The summed E-state index contributed by atoms with van der Waals surface area (Å²) in [6.45, 7) is 3.07. The van der Waals surface area contributed by atoms with Crippen LogP contribution in [0.25, 0.3) is 11.0 Å². The lowest BCUT2D eigenvalue weighted by atomic mass is 10.1. The maximum Gasteiger partial charge on any atom is 0.265 e. The molecular formula is C18H18N2O7S2. The van der Waals surface area contributed by atoms with Gasteiger partial charge in [-0.1, -0.05) is 12.1 Å². The van der Waals surface area contributed by atoms with Crippen molar-refractivity contribution in [1.82, 2.24) is 4.72 Å². The molecule has 0 saturated carbocycles. The first kappa shape index (κ1) is 21.0. The summed E-state index contributed by atoms with van der Waals surface area (Å²) in [5, 5.41) is 15.6. The fourth-order valence-electron chi connectivity index (χ4n) is 2.63. The van der Waals surface area contributed by atoms with Crippen LogP contribution in [0.3, 0.4) is 0 Å². The molecule has 2 aromatic carbocycles. The third kappa shape index (κ3) is 4.32. The van der Waals surface area contributed by atoms with E-state index in [1.807, 2.05) is 4.72 Å². The Kier molecular flexibility index (Phi) is 5.03. The average molecular weight is 438 g/mol. The predicted octanol–water partition coefficient (Wildman–Crippen LogP) is 1.43. The number of hydrogen-bond donors (Lipinski definition) is 3. The van der Waals surface area contributed by atoms with E-state index in [-0.39, 0.29) is 11.3 Å². The zero-order chi connectivity index (χ0) is 21.6. The minimum atomic E-state index is -4.51. The van der Waals surface area contributed by atoms with Gasteiger partial charge in [0.05, 0.1) is 0 Å². The van der Waals surface area contributed by atoms with Gasteiger partial charge >= 0.3 is 0 Å². The summed E-state index contributed by atoms with van der Waals surface area (Å²) in [6.07, 6.45) is 0. The Hall–Kier alpha value is -2.73. The summed E-state index contributed by atoms with van der Waals surface area (Å²) in [5.41, 5.74) is -0.833. The molecule has 4 N–H and O–H groups in total. The number of aliphatic hydroxyl groups is 1. The molecule has 0 aliphatic rings. The molecule has 11 heteroatoms. The summed E-state index contributed by atoms with van der Waals surface area (Å²) >= 11 is 0. The molecule has 29 heavy (non-hydrogen) atoms. The lowest BCUT2D eigenvalue weighted by molar-refractivity contribution is 0.0559. The van der Waals surface area contributed by atoms with Crippen LogP contribution in [0, 0.1) is 0 Å². The second-order valence-corrected chi connectivity index (χ2v) is 10.0. The van der Waals surface area contributed by atoms with Crippen molar-refractivity contribution in [1.29, 1.82) is 0 Å². The van der Waals surface area contributed by atoms with Crippen molar-refractivity contribution in [3.05, 3.63) is 59.9 Å². The zero-order valence-corrected chi connectivity index (χ0v) is 17.0. The van der Waals surface area contributed by atoms with E-state index in [2.05, 4.69) is 0 Å². The predicted molar refractivity (Wildman–Crippen MR) is 104 cm³/mol. The Bertz CT molecular complexity index is 1320. The number of furan rings is 1. The topological polar surface area (TPSA) is 157 Å². The molecule has 9 nitrogen and oxygen atoms in total. The molecule has 1 aromatic heterocycles. The largest absolute Gasteiger partial charge is 0.458 e. The first-order chi connectivity index (χ1) is 13.3. The van der Waals surface area contributed by atoms with E-state index in [0.717, 1.165) is 12.1 Å². The lowest BCUT2D eigenvalue weighted by Crippen LogP contribution is -2.32. The molecule has 0 radical (unpaired) electrons. The van der Waals surface area contributed by atoms with E-state index in [0.29, 0.717) is 11.0 Å². The van der Waals surface area contributed by atoms with Crippen molar-refractivity contribution in [2.45, 2.75) is 29.2 Å². The number of rotatable bonds is 5. The molecule has 0 aliphatic heterocycles. The first-order valence-corrected chi connectivity index (χ1v) is 11.3. The number of amides is 1. The van der Waals surface area contributed by atoms with E-state index in [1.54, 1.807) is 0 Å². The highest BCUT2D eigenvalue weighted by Crippen LogP contribution is 2.28. The smallest absolute Gasteiger partial charge is 0.265 e. The summed E-state index contributed by atoms with van der Waals surface area (Å²) in [7, 11) is -8.84. The number of carbonyl (C=O) groups excluding carboxylic acids is 1. The molecule has 0 aliphatic carbocycles. The molecule has 0 unspecified atom stereocenters. The van der Waals surface area contributed by atoms with Gasteiger partial charge in [-0.2, -0.15) is 0 Å². The van der Waals surface area contributed by atoms with Gasteiger partial charge in [0.1, 0.15) is 26.7 Å². The normalized spacial score (nSPS) is 12.8. The van der Waals surface area contributed by atoms with Crippen molar-refractivity contribution in [2.75, 3.05) is 0 Å². The van der Waals surface area contributed by atoms with Crippen LogP contribution in [0.5, 0.6) is 0 Å². The van der Waals surface area contributed by atoms with Gasteiger partial charge in [0, 0.05) is 10.9 Å². The Balaban J connectivity index is 1.96. The van der Waals surface area contributed by atoms with Crippen molar-refractivity contribution >= 4 is 36.9 Å². The lowest BCUT2D eigenvalue weighted by Gasteiger charge is -2.12. The molecule has 0 saturated heterocycles. The highest BCUT2D eigenvalue weighted by atomic mass is 32.2. The van der Waals surface area contributed by atoms with Crippen LogP contribution in [0.4, 0.5) is 0 Å². The number of nitrogens with one attached hydrogen (secondary N) is 1. The number of primary sulfonamides is 1. The van der Waals surface area contributed by atoms with Gasteiger partial charge in [0.15, 0.2) is 0 Å². The molecule has 0 atom stereocenters. The van der Waals surface area contributed by atoms with E-state index < -0.39 is 41.3 Å². The van der Waals surface area contributed by atoms with Gasteiger partial charge < -0.3 is 9.52 Å². The second kappa shape index (κ2) is 6.95. The van der Waals surface area contributed by atoms with E-state index >= 15 is 0 Å². The number of sulfonamides is 2. The van der Waals surface area contributed by atoms with Crippen molar-refractivity contribution in [3.8, 4) is 0 Å². The number of fused-ring (bicyclic) bond motifs is 1. The molecule has 3 aromatic rings. The number of carbonyl (C=O) groups is 1. The van der Waals surface area contributed by atoms with Crippen molar-refractivity contribution in [2.24, 2.45) is 5.14 Å². The van der Waals surface area contributed by atoms with Gasteiger partial charge in [-0.3, -0.25) is 4.79 Å². The van der Waals surface area contributed by atoms with Crippen molar-refractivity contribution < 1.29 is 31.2 Å². The summed E-state index contributed by atoms with van der Waals surface area (Å²) in [6, 6.07) is 10.4. The maximum atomic E-state index is 12.6. The summed E-state index contributed by atoms with van der Waals surface area (Å²) < 4.78 is 55.8. The van der Waals surface area contributed by atoms with Crippen LogP contribution in [0.2, 0.25) is 0 Å². The molecule has 154 valence electrons. The summed E-state index contributed by atoms with van der Waals surface area (Å²) in [5.74, 6) is -0.693. The number of hydrogen-bond acceptors (Lipinski definition) is 7. The quantitative estimate of drug-likeness (QED) is 0.544. The van der Waals surface area contributed by atoms with E-state index in [4.69, 9.17) is 9.56 Å². The third-order valence-corrected chi connectivity index (χ3v) is 6.54. The van der Waals surface area contributed by atoms with Gasteiger partial charge in [0.2, 0.25) is 10.0 Å². The Morgan fingerprint density at radius 2 is 1.66 bits per heavy atom. The highest BCUT2D eigenvalue weighted by molar-refractivity contribution is 7.92. The summed E-state index contributed by atoms with van der Waals surface area (Å²) in [4.78, 5) is 11.2. The second-order valence-electron chi connectivity index (χ2n) is 6.85. The average Bonchev–Trinajstić information content (AvgIpc) is 3.04. The monoisotopic (exact) mass is 438 g/mol. The third-order valence-electron chi connectivity index (χ3n) is 4.05. The molecule has 3 rings (SSSR count). The molecule has 0 spiro atoms. The van der Waals surface area contributed by atoms with Gasteiger partial charge in [-0.15, -0.1) is 0 Å². The van der Waals surface area contributed by atoms with Crippen LogP contribution >= 0.6 is 0 Å². The van der Waals surface area contributed by atoms with Crippen LogP contribution in [0.1, 0.15) is 30.0 Å². The van der Waals surface area contributed by atoms with Gasteiger partial charge in [0.25, 0.3) is 15.9 Å². The number of nitrogens with two attached hydrogens (primary N) is 1. The van der Waals surface area contributed by atoms with Gasteiger partial charge in [-0.25, -0.2) is 26.7 Å². The molecule has 0 fully saturated rings. The van der Waals surface area contributed by atoms with E-state index in [9.17, 15) is 26.7 Å². The van der Waals surface area contributed by atoms with Gasteiger partial charge in [-0.05, 0) is 50.2 Å². The Morgan fingerprint density at radius 3 is 2.24 bits per heavy atom. The minimum absolute atomic E-state index is 0.00254. The standard InChI is InChI=1S/C18H18N2O7S2/c1-18(2,22)16-10-12-9-11(7-8-13(12)27-16)17(21)20-29(25,26)15-6-4-3-5-14(15)28(19,23)24/h3-10,22H,1-2H3,(H,20,21)(H2,19,23,24). The molecule has 1 amide bonds. The Morgan fingerprint density at radius 1 is 1.03 bits per heavy atom. The number of benzene rings is 2. The van der Waals surface area contributed by atoms with E-state index in [1.165, 1.54) is 50.2 Å². The molecule has 0 bridgehead atoms.